The van der Waals surface area contributed by atoms with Crippen molar-refractivity contribution < 1.29 is 9.26 Å². The molecule has 114 valence electrons. The molecule has 2 rings (SSSR count). The molecule has 0 aromatic carbocycles. The average molecular weight is 281 g/mol. The van der Waals surface area contributed by atoms with E-state index >= 15 is 0 Å². The van der Waals surface area contributed by atoms with Gasteiger partial charge in [-0.2, -0.15) is 0 Å². The molecule has 1 fully saturated rings. The van der Waals surface area contributed by atoms with Crippen LogP contribution in [0.4, 0.5) is 0 Å². The molecule has 0 saturated carbocycles. The molecule has 0 aliphatic carbocycles. The number of rotatable bonds is 6. The van der Waals surface area contributed by atoms with Crippen LogP contribution in [-0.4, -0.2) is 41.9 Å². The first-order valence-electron chi connectivity index (χ1n) is 7.56. The van der Waals surface area contributed by atoms with Gasteiger partial charge in [0.2, 0.25) is 0 Å². The fourth-order valence-electron chi connectivity index (χ4n) is 2.64. The minimum atomic E-state index is 0.286. The first-order valence-corrected chi connectivity index (χ1v) is 7.56. The lowest BCUT2D eigenvalue weighted by molar-refractivity contribution is -0.0721. The second-order valence-corrected chi connectivity index (χ2v) is 6.26. The maximum Gasteiger partial charge on any atom is 0.151 e. The molecule has 1 aliphatic rings. The van der Waals surface area contributed by atoms with Crippen LogP contribution in [0.25, 0.3) is 0 Å². The molecule has 1 saturated heterocycles. The highest BCUT2D eigenvalue weighted by Gasteiger charge is 2.23. The Hall–Kier alpha value is -0.910. The van der Waals surface area contributed by atoms with E-state index in [4.69, 9.17) is 9.26 Å². The number of morpholine rings is 1. The summed E-state index contributed by atoms with van der Waals surface area (Å²) in [6.45, 7) is 13.1. The molecule has 2 heterocycles. The topological polar surface area (TPSA) is 50.5 Å². The van der Waals surface area contributed by atoms with Gasteiger partial charge < -0.3 is 14.6 Å². The summed E-state index contributed by atoms with van der Waals surface area (Å²) >= 11 is 0. The Morgan fingerprint density at radius 2 is 2.05 bits per heavy atom. The van der Waals surface area contributed by atoms with Gasteiger partial charge in [0.1, 0.15) is 0 Å². The number of hydrogen-bond acceptors (Lipinski definition) is 5. The third-order valence-electron chi connectivity index (χ3n) is 3.34. The maximum atomic E-state index is 5.74. The van der Waals surface area contributed by atoms with Gasteiger partial charge in [0, 0.05) is 25.7 Å². The van der Waals surface area contributed by atoms with E-state index in [0.29, 0.717) is 5.92 Å². The summed E-state index contributed by atoms with van der Waals surface area (Å²) in [5.41, 5.74) is 0.981. The summed E-state index contributed by atoms with van der Waals surface area (Å²) < 4.78 is 11.2. The Balaban J connectivity index is 1.80. The third-order valence-corrected chi connectivity index (χ3v) is 3.34. The molecule has 1 aliphatic heterocycles. The average Bonchev–Trinajstić information content (AvgIpc) is 2.74. The number of aromatic nitrogens is 1. The predicted octanol–water partition coefficient (Wildman–Crippen LogP) is 2.03. The molecule has 1 N–H and O–H groups in total. The minimum Gasteiger partial charge on any atom is -0.373 e. The first-order chi connectivity index (χ1) is 9.52. The minimum absolute atomic E-state index is 0.286. The molecule has 0 spiro atoms. The quantitative estimate of drug-likeness (QED) is 0.864. The van der Waals surface area contributed by atoms with E-state index < -0.39 is 0 Å². The van der Waals surface area contributed by atoms with Crippen molar-refractivity contribution >= 4 is 0 Å². The first kappa shape index (κ1) is 15.5. The smallest absolute Gasteiger partial charge is 0.151 e. The summed E-state index contributed by atoms with van der Waals surface area (Å²) in [6, 6.07) is 2.05. The van der Waals surface area contributed by atoms with Crippen LogP contribution >= 0.6 is 0 Å². The van der Waals surface area contributed by atoms with E-state index in [9.17, 15) is 0 Å². The van der Waals surface area contributed by atoms with E-state index in [-0.39, 0.29) is 12.2 Å². The summed E-state index contributed by atoms with van der Waals surface area (Å²) in [5, 5.41) is 7.50. The number of hydrogen-bond donors (Lipinski definition) is 1. The Bertz CT molecular complexity index is 396. The van der Waals surface area contributed by atoms with Crippen LogP contribution in [0.15, 0.2) is 10.6 Å². The van der Waals surface area contributed by atoms with Gasteiger partial charge in [-0.15, -0.1) is 0 Å². The maximum absolute atomic E-state index is 5.74. The SMILES string of the molecule is CC(C)CNCc1cc(CN2C[C@@H](C)O[C@@H](C)C2)on1. The zero-order chi connectivity index (χ0) is 14.5. The van der Waals surface area contributed by atoms with Gasteiger partial charge in [-0.05, 0) is 26.3 Å². The molecular weight excluding hydrogens is 254 g/mol. The van der Waals surface area contributed by atoms with Crippen molar-refractivity contribution in [1.29, 1.82) is 0 Å². The molecule has 1 aromatic heterocycles. The van der Waals surface area contributed by atoms with Crippen LogP contribution in [0.3, 0.4) is 0 Å². The molecule has 0 bridgehead atoms. The van der Waals surface area contributed by atoms with Crippen molar-refractivity contribution in [3.05, 3.63) is 17.5 Å². The van der Waals surface area contributed by atoms with Crippen LogP contribution in [-0.2, 0) is 17.8 Å². The molecule has 20 heavy (non-hydrogen) atoms. The summed E-state index contributed by atoms with van der Waals surface area (Å²) in [5.74, 6) is 1.59. The number of ether oxygens (including phenoxy) is 1. The number of nitrogens with zero attached hydrogens (tertiary/aromatic N) is 2. The van der Waals surface area contributed by atoms with Gasteiger partial charge in [0.15, 0.2) is 5.76 Å². The van der Waals surface area contributed by atoms with Gasteiger partial charge in [0.25, 0.3) is 0 Å². The highest BCUT2D eigenvalue weighted by atomic mass is 16.5. The Morgan fingerprint density at radius 3 is 2.70 bits per heavy atom. The Labute approximate surface area is 121 Å². The summed E-state index contributed by atoms with van der Waals surface area (Å²) in [7, 11) is 0. The van der Waals surface area contributed by atoms with Crippen molar-refractivity contribution in [2.45, 2.75) is 53.0 Å². The fraction of sp³-hybridized carbons (Fsp3) is 0.800. The molecule has 0 radical (unpaired) electrons. The van der Waals surface area contributed by atoms with Crippen molar-refractivity contribution in [1.82, 2.24) is 15.4 Å². The van der Waals surface area contributed by atoms with E-state index in [2.05, 4.69) is 49.1 Å². The number of nitrogens with one attached hydrogen (secondary N) is 1. The molecule has 1 aromatic rings. The monoisotopic (exact) mass is 281 g/mol. The second kappa shape index (κ2) is 7.20. The Morgan fingerprint density at radius 1 is 1.35 bits per heavy atom. The Kier molecular flexibility index (Phi) is 5.57. The molecular formula is C15H27N3O2. The van der Waals surface area contributed by atoms with Gasteiger partial charge in [-0.1, -0.05) is 19.0 Å². The van der Waals surface area contributed by atoms with Gasteiger partial charge in [-0.25, -0.2) is 0 Å². The molecule has 2 atom stereocenters. The molecule has 0 unspecified atom stereocenters. The lowest BCUT2D eigenvalue weighted by Crippen LogP contribution is -2.44. The van der Waals surface area contributed by atoms with E-state index in [1.54, 1.807) is 0 Å². The third kappa shape index (κ3) is 4.89. The van der Waals surface area contributed by atoms with Crippen LogP contribution in [0.2, 0.25) is 0 Å². The summed E-state index contributed by atoms with van der Waals surface area (Å²) in [4.78, 5) is 2.37. The van der Waals surface area contributed by atoms with Crippen molar-refractivity contribution in [2.75, 3.05) is 19.6 Å². The van der Waals surface area contributed by atoms with Crippen LogP contribution in [0, 0.1) is 5.92 Å². The lowest BCUT2D eigenvalue weighted by atomic mass is 10.2. The normalized spacial score (nSPS) is 24.4. The fourth-order valence-corrected chi connectivity index (χ4v) is 2.64. The van der Waals surface area contributed by atoms with E-state index in [0.717, 1.165) is 44.2 Å². The van der Waals surface area contributed by atoms with Crippen LogP contribution < -0.4 is 5.32 Å². The van der Waals surface area contributed by atoms with Crippen molar-refractivity contribution in [3.8, 4) is 0 Å². The predicted molar refractivity (Wildman–Crippen MR) is 78.3 cm³/mol. The highest BCUT2D eigenvalue weighted by molar-refractivity contribution is 5.05. The van der Waals surface area contributed by atoms with Gasteiger partial charge in [-0.3, -0.25) is 4.90 Å². The van der Waals surface area contributed by atoms with Crippen LogP contribution in [0.5, 0.6) is 0 Å². The lowest BCUT2D eigenvalue weighted by Gasteiger charge is -2.34. The van der Waals surface area contributed by atoms with Gasteiger partial charge >= 0.3 is 0 Å². The van der Waals surface area contributed by atoms with Gasteiger partial charge in [0.05, 0.1) is 24.4 Å². The standard InChI is InChI=1S/C15H27N3O2/c1-11(2)6-16-7-14-5-15(20-17-14)10-18-8-12(3)19-13(4)9-18/h5,11-13,16H,6-10H2,1-4H3/t12-,13+. The molecule has 5 nitrogen and oxygen atoms in total. The van der Waals surface area contributed by atoms with Crippen LogP contribution in [0.1, 0.15) is 39.1 Å². The molecule has 5 heteroatoms. The van der Waals surface area contributed by atoms with Crippen molar-refractivity contribution in [3.63, 3.8) is 0 Å². The zero-order valence-corrected chi connectivity index (χ0v) is 13.1. The molecule has 0 amide bonds. The summed E-state index contributed by atoms with van der Waals surface area (Å²) in [6.07, 6.45) is 0.572. The van der Waals surface area contributed by atoms with Crippen molar-refractivity contribution in [2.24, 2.45) is 5.92 Å². The second-order valence-electron chi connectivity index (χ2n) is 6.26. The van der Waals surface area contributed by atoms with E-state index in [1.165, 1.54) is 0 Å². The highest BCUT2D eigenvalue weighted by Crippen LogP contribution is 2.14. The zero-order valence-electron chi connectivity index (χ0n) is 13.1. The van der Waals surface area contributed by atoms with E-state index in [1.807, 2.05) is 0 Å². The largest absolute Gasteiger partial charge is 0.373 e.